The molecule has 1 aliphatic heterocycles. The van der Waals surface area contributed by atoms with Gasteiger partial charge in [-0.15, -0.1) is 25.3 Å². The molecule has 0 atom stereocenters. The quantitative estimate of drug-likeness (QED) is 0.267. The highest BCUT2D eigenvalue weighted by molar-refractivity contribution is 7.99. The molecule has 1 fully saturated rings. The predicted molar refractivity (Wildman–Crippen MR) is 114 cm³/mol. The van der Waals surface area contributed by atoms with Gasteiger partial charge in [0.05, 0.1) is 9.63 Å². The average molecular weight is 388 g/mol. The molecule has 0 aliphatic carbocycles. The number of nitrogens with zero attached hydrogens (tertiary/aromatic N) is 3. The van der Waals surface area contributed by atoms with E-state index in [9.17, 15) is 10.1 Å². The number of rotatable bonds is 5. The molecule has 0 aromatic heterocycles. The Kier molecular flexibility index (Phi) is 6.24. The Morgan fingerprint density at radius 2 is 1.38 bits per heavy atom. The van der Waals surface area contributed by atoms with E-state index in [0.717, 1.165) is 37.3 Å². The molecule has 26 heavy (non-hydrogen) atoms. The van der Waals surface area contributed by atoms with E-state index in [1.54, 1.807) is 12.1 Å². The summed E-state index contributed by atoms with van der Waals surface area (Å²) in [6.07, 6.45) is 3.96. The third-order valence-electron chi connectivity index (χ3n) is 4.47. The van der Waals surface area contributed by atoms with Crippen LogP contribution in [0.25, 0.3) is 12.2 Å². The highest BCUT2D eigenvalue weighted by atomic mass is 32.2. The van der Waals surface area contributed by atoms with E-state index in [1.165, 1.54) is 17.8 Å². The summed E-state index contributed by atoms with van der Waals surface area (Å²) in [7, 11) is 0. The maximum Gasteiger partial charge on any atom is 0.269 e. The van der Waals surface area contributed by atoms with Crippen molar-refractivity contribution in [1.29, 1.82) is 0 Å². The molecule has 0 bridgehead atoms. The largest absolute Gasteiger partial charge is 0.369 e. The summed E-state index contributed by atoms with van der Waals surface area (Å²) in [6.45, 7) is 3.85. The number of anilines is 1. The lowest BCUT2D eigenvalue weighted by atomic mass is 10.1. The first kappa shape index (κ1) is 18.8. The van der Waals surface area contributed by atoms with Crippen molar-refractivity contribution in [3.05, 3.63) is 69.8 Å². The summed E-state index contributed by atoms with van der Waals surface area (Å²) in [6, 6.07) is 15.0. The molecule has 3 rings (SSSR count). The lowest BCUT2D eigenvalue weighted by molar-refractivity contribution is -0.384. The summed E-state index contributed by atoms with van der Waals surface area (Å²) in [5.74, 6) is 0. The maximum atomic E-state index is 10.7. The average Bonchev–Trinajstić information content (AvgIpc) is 2.67. The zero-order valence-corrected chi connectivity index (χ0v) is 16.0. The van der Waals surface area contributed by atoms with Crippen molar-refractivity contribution in [2.24, 2.45) is 0 Å². The molecular weight excluding hydrogens is 366 g/mol. The minimum absolute atomic E-state index is 0.00378. The van der Waals surface area contributed by atoms with E-state index in [0.29, 0.717) is 0 Å². The van der Waals surface area contributed by atoms with Gasteiger partial charge >= 0.3 is 0 Å². The lowest BCUT2D eigenvalue weighted by Gasteiger charge is -2.37. The third-order valence-corrected chi connectivity index (χ3v) is 5.12. The first-order valence-corrected chi connectivity index (χ1v) is 9.44. The smallest absolute Gasteiger partial charge is 0.269 e. The highest BCUT2D eigenvalue weighted by Gasteiger charge is 2.19. The van der Waals surface area contributed by atoms with Gasteiger partial charge in [-0.05, 0) is 35.4 Å². The summed E-state index contributed by atoms with van der Waals surface area (Å²) in [4.78, 5) is 14.9. The fourth-order valence-electron chi connectivity index (χ4n) is 2.91. The molecule has 0 spiro atoms. The highest BCUT2D eigenvalue weighted by Crippen LogP contribution is 2.21. The van der Waals surface area contributed by atoms with E-state index in [-0.39, 0.29) is 10.4 Å². The summed E-state index contributed by atoms with van der Waals surface area (Å²) in [5, 5.41) is 10.7. The Bertz CT molecular complexity index is 768. The third kappa shape index (κ3) is 4.81. The number of hydrogen-bond donors (Lipinski definition) is 2. The van der Waals surface area contributed by atoms with E-state index in [1.807, 2.05) is 12.2 Å². The van der Waals surface area contributed by atoms with Crippen LogP contribution in [0.4, 0.5) is 11.4 Å². The first-order chi connectivity index (χ1) is 12.5. The molecule has 0 saturated carbocycles. The van der Waals surface area contributed by atoms with Gasteiger partial charge in [0.1, 0.15) is 0 Å². The van der Waals surface area contributed by atoms with Crippen LogP contribution in [-0.4, -0.2) is 40.7 Å². The van der Waals surface area contributed by atoms with Crippen LogP contribution < -0.4 is 4.90 Å². The molecule has 0 radical (unpaired) electrons. The van der Waals surface area contributed by atoms with Gasteiger partial charge in [-0.3, -0.25) is 15.0 Å². The first-order valence-electron chi connectivity index (χ1n) is 8.41. The number of benzene rings is 2. The van der Waals surface area contributed by atoms with Crippen LogP contribution in [-0.2, 0) is 0 Å². The normalized spacial score (nSPS) is 15.7. The number of nitro benzene ring substituents is 1. The standard InChI is InChI=1S/C19H21N3O2S2/c23-22(24)18-9-5-16(6-10-18)2-1-15-3-7-17(8-4-15)20-11-13-21(14-12-20)19(25)26/h1-10,19,25-26H,11-14H2/b2-1+. The summed E-state index contributed by atoms with van der Waals surface area (Å²) < 4.78 is 0.00378. The molecule has 1 saturated heterocycles. The molecule has 2 aromatic rings. The fraction of sp³-hybridized carbons (Fsp3) is 0.263. The van der Waals surface area contributed by atoms with Gasteiger partial charge in [0.25, 0.3) is 5.69 Å². The zero-order chi connectivity index (χ0) is 18.5. The molecule has 7 heteroatoms. The van der Waals surface area contributed by atoms with Crippen LogP contribution in [0.3, 0.4) is 0 Å². The zero-order valence-electron chi connectivity index (χ0n) is 14.2. The minimum atomic E-state index is -0.390. The second-order valence-electron chi connectivity index (χ2n) is 6.14. The number of piperazine rings is 1. The van der Waals surface area contributed by atoms with Crippen LogP contribution in [0.5, 0.6) is 0 Å². The topological polar surface area (TPSA) is 49.6 Å². The van der Waals surface area contributed by atoms with Crippen molar-refractivity contribution >= 4 is 48.8 Å². The Morgan fingerprint density at radius 3 is 1.85 bits per heavy atom. The monoisotopic (exact) mass is 387 g/mol. The Labute approximate surface area is 164 Å². The molecule has 1 heterocycles. The van der Waals surface area contributed by atoms with Crippen LogP contribution >= 0.6 is 25.3 Å². The molecular formula is C19H21N3O2S2. The maximum absolute atomic E-state index is 10.7. The molecule has 0 unspecified atom stereocenters. The molecule has 2 aromatic carbocycles. The van der Waals surface area contributed by atoms with Gasteiger partial charge in [-0.25, -0.2) is 0 Å². The molecule has 0 N–H and O–H groups in total. The Balaban J connectivity index is 1.60. The van der Waals surface area contributed by atoms with Crippen molar-refractivity contribution in [3.8, 4) is 0 Å². The van der Waals surface area contributed by atoms with E-state index in [4.69, 9.17) is 0 Å². The van der Waals surface area contributed by atoms with Gasteiger partial charge in [0.2, 0.25) is 0 Å². The van der Waals surface area contributed by atoms with Crippen molar-refractivity contribution in [3.63, 3.8) is 0 Å². The van der Waals surface area contributed by atoms with Crippen LogP contribution in [0.2, 0.25) is 0 Å². The number of thiol groups is 2. The van der Waals surface area contributed by atoms with Crippen molar-refractivity contribution < 1.29 is 4.92 Å². The van der Waals surface area contributed by atoms with E-state index >= 15 is 0 Å². The van der Waals surface area contributed by atoms with Gasteiger partial charge in [0, 0.05) is 44.0 Å². The van der Waals surface area contributed by atoms with Crippen LogP contribution in [0, 0.1) is 10.1 Å². The summed E-state index contributed by atoms with van der Waals surface area (Å²) >= 11 is 8.74. The van der Waals surface area contributed by atoms with E-state index < -0.39 is 4.92 Å². The SMILES string of the molecule is O=[N+]([O-])c1ccc(/C=C/c2ccc(N3CCN(C(S)S)CC3)cc2)cc1. The van der Waals surface area contributed by atoms with Gasteiger partial charge in [-0.2, -0.15) is 0 Å². The molecule has 1 aliphatic rings. The number of hydrogen-bond acceptors (Lipinski definition) is 6. The van der Waals surface area contributed by atoms with Crippen LogP contribution in [0.1, 0.15) is 11.1 Å². The Morgan fingerprint density at radius 1 is 0.885 bits per heavy atom. The van der Waals surface area contributed by atoms with Crippen molar-refractivity contribution in [2.75, 3.05) is 31.1 Å². The number of nitro groups is 1. The predicted octanol–water partition coefficient (Wildman–Crippen LogP) is 4.03. The fourth-order valence-corrected chi connectivity index (χ4v) is 3.37. The molecule has 5 nitrogen and oxygen atoms in total. The van der Waals surface area contributed by atoms with Crippen LogP contribution in [0.15, 0.2) is 48.5 Å². The Hall–Kier alpha value is -1.96. The van der Waals surface area contributed by atoms with Gasteiger partial charge < -0.3 is 4.90 Å². The minimum Gasteiger partial charge on any atom is -0.369 e. The van der Waals surface area contributed by atoms with E-state index in [2.05, 4.69) is 59.3 Å². The van der Waals surface area contributed by atoms with Crippen molar-refractivity contribution in [1.82, 2.24) is 4.90 Å². The summed E-state index contributed by atoms with van der Waals surface area (Å²) in [5.41, 5.74) is 3.35. The lowest BCUT2D eigenvalue weighted by Crippen LogP contribution is -2.47. The van der Waals surface area contributed by atoms with Gasteiger partial charge in [0.15, 0.2) is 0 Å². The number of non-ortho nitro benzene ring substituents is 1. The molecule has 0 amide bonds. The second kappa shape index (κ2) is 8.62. The van der Waals surface area contributed by atoms with Gasteiger partial charge in [-0.1, -0.05) is 24.3 Å². The van der Waals surface area contributed by atoms with Crippen molar-refractivity contribution in [2.45, 2.75) is 4.71 Å². The molecule has 136 valence electrons. The second-order valence-corrected chi connectivity index (χ2v) is 7.53.